The van der Waals surface area contributed by atoms with Crippen LogP contribution in [0.25, 0.3) is 0 Å². The van der Waals surface area contributed by atoms with Gasteiger partial charge in [0.05, 0.1) is 11.5 Å². The van der Waals surface area contributed by atoms with Crippen molar-refractivity contribution in [1.29, 1.82) is 0 Å². The third kappa shape index (κ3) is 5.99. The number of anilines is 1. The van der Waals surface area contributed by atoms with Gasteiger partial charge in [-0.25, -0.2) is 16.8 Å². The maximum Gasteiger partial charge on any atom is 0.233 e. The molecule has 0 saturated carbocycles. The molecule has 106 valence electrons. The Balaban J connectivity index is 2.76. The molecule has 9 heteroatoms. The maximum atomic E-state index is 11.6. The van der Waals surface area contributed by atoms with E-state index < -0.39 is 31.4 Å². The van der Waals surface area contributed by atoms with Crippen LogP contribution < -0.4 is 10.5 Å². The van der Waals surface area contributed by atoms with Crippen molar-refractivity contribution in [1.82, 2.24) is 0 Å². The fourth-order valence-electron chi connectivity index (χ4n) is 1.19. The summed E-state index contributed by atoms with van der Waals surface area (Å²) < 4.78 is 47.4. The van der Waals surface area contributed by atoms with Crippen molar-refractivity contribution in [3.63, 3.8) is 0 Å². The predicted molar refractivity (Wildman–Crippen MR) is 79.4 cm³/mol. The zero-order chi connectivity index (χ0) is 14.7. The lowest BCUT2D eigenvalue weighted by atomic mass is 10.2. The summed E-state index contributed by atoms with van der Waals surface area (Å²) in [7, 11) is -7.01. The molecule has 6 nitrogen and oxygen atoms in total. The number of hydrogen-bond donors (Lipinski definition) is 2. The minimum atomic E-state index is -3.69. The zero-order valence-electron chi connectivity index (χ0n) is 10.2. The minimum absolute atomic E-state index is 0.214. The second kappa shape index (κ2) is 5.85. The lowest BCUT2D eigenvalue weighted by Gasteiger charge is -2.08. The highest BCUT2D eigenvalue weighted by Crippen LogP contribution is 2.11. The first-order valence-corrected chi connectivity index (χ1v) is 9.29. The van der Waals surface area contributed by atoms with Crippen LogP contribution in [0.3, 0.4) is 0 Å². The highest BCUT2D eigenvalue weighted by molar-refractivity contribution is 7.95. The van der Waals surface area contributed by atoms with Gasteiger partial charge in [-0.2, -0.15) is 0 Å². The molecule has 0 aliphatic carbocycles. The second-order valence-electron chi connectivity index (χ2n) is 3.99. The molecule has 1 aromatic rings. The van der Waals surface area contributed by atoms with Crippen molar-refractivity contribution in [2.45, 2.75) is 0 Å². The van der Waals surface area contributed by atoms with Gasteiger partial charge >= 0.3 is 0 Å². The monoisotopic (exact) mass is 322 g/mol. The molecular formula is C10H14N2O4S3. The first-order chi connectivity index (χ1) is 8.59. The van der Waals surface area contributed by atoms with E-state index in [9.17, 15) is 16.8 Å². The number of sulfone groups is 1. The van der Waals surface area contributed by atoms with E-state index >= 15 is 0 Å². The topological polar surface area (TPSA) is 106 Å². The number of nitrogens with two attached hydrogens (primary N) is 1. The number of nitrogens with one attached hydrogen (secondary N) is 1. The fourth-order valence-corrected chi connectivity index (χ4v) is 4.02. The molecule has 0 fully saturated rings. The summed E-state index contributed by atoms with van der Waals surface area (Å²) in [5, 5.41) is 0. The van der Waals surface area contributed by atoms with Gasteiger partial charge in [0.1, 0.15) is 14.8 Å². The standard InChI is InChI=1S/C10H14N2O4S3/c1-18(13,14)6-7-19(15,16)12-9-4-2-8(3-5-9)10(11)17/h2-5,12H,6-7H2,1H3,(H2,11,17). The molecule has 19 heavy (non-hydrogen) atoms. The van der Waals surface area contributed by atoms with E-state index in [1.165, 1.54) is 12.1 Å². The molecule has 0 spiro atoms. The average molecular weight is 322 g/mol. The molecule has 3 N–H and O–H groups in total. The molecule has 0 aliphatic rings. The van der Waals surface area contributed by atoms with E-state index in [-0.39, 0.29) is 4.99 Å². The van der Waals surface area contributed by atoms with Crippen LogP contribution in [-0.4, -0.2) is 39.6 Å². The van der Waals surface area contributed by atoms with Gasteiger partial charge in [-0.15, -0.1) is 0 Å². The molecule has 0 saturated heterocycles. The molecule has 0 radical (unpaired) electrons. The van der Waals surface area contributed by atoms with E-state index in [0.29, 0.717) is 11.3 Å². The largest absolute Gasteiger partial charge is 0.389 e. The van der Waals surface area contributed by atoms with E-state index in [0.717, 1.165) is 6.26 Å². The molecule has 0 atom stereocenters. The average Bonchev–Trinajstić information content (AvgIpc) is 2.26. The lowest BCUT2D eigenvalue weighted by Crippen LogP contribution is -2.22. The lowest BCUT2D eigenvalue weighted by molar-refractivity contribution is 0.593. The first kappa shape index (κ1) is 15.9. The highest BCUT2D eigenvalue weighted by Gasteiger charge is 2.14. The zero-order valence-corrected chi connectivity index (χ0v) is 12.6. The quantitative estimate of drug-likeness (QED) is 0.720. The number of thiocarbonyl (C=S) groups is 1. The second-order valence-corrected chi connectivity index (χ2v) is 8.53. The first-order valence-electron chi connectivity index (χ1n) is 5.17. The molecule has 0 amide bonds. The van der Waals surface area contributed by atoms with Crippen LogP contribution in [-0.2, 0) is 19.9 Å². The van der Waals surface area contributed by atoms with Crippen LogP contribution in [0.4, 0.5) is 5.69 Å². The predicted octanol–water partition coefficient (Wildman–Crippen LogP) is 0.107. The van der Waals surface area contributed by atoms with Gasteiger partial charge in [-0.3, -0.25) is 4.72 Å². The van der Waals surface area contributed by atoms with Gasteiger partial charge in [0.2, 0.25) is 10.0 Å². The van der Waals surface area contributed by atoms with Crippen molar-refractivity contribution in [3.05, 3.63) is 29.8 Å². The van der Waals surface area contributed by atoms with E-state index in [4.69, 9.17) is 18.0 Å². The Kier molecular flexibility index (Phi) is 4.88. The Hall–Kier alpha value is -1.19. The Morgan fingerprint density at radius 3 is 2.11 bits per heavy atom. The van der Waals surface area contributed by atoms with E-state index in [1.807, 2.05) is 0 Å². The summed E-state index contributed by atoms with van der Waals surface area (Å²) in [6, 6.07) is 6.17. The number of hydrogen-bond acceptors (Lipinski definition) is 5. The van der Waals surface area contributed by atoms with Gasteiger partial charge < -0.3 is 5.73 Å². The summed E-state index contributed by atoms with van der Waals surface area (Å²) in [5.41, 5.74) is 6.36. The normalized spacial score (nSPS) is 12.1. The molecular weight excluding hydrogens is 308 g/mol. The van der Waals surface area contributed by atoms with Crippen molar-refractivity contribution >= 4 is 42.8 Å². The highest BCUT2D eigenvalue weighted by atomic mass is 32.2. The number of sulfonamides is 1. The van der Waals surface area contributed by atoms with Gasteiger partial charge in [-0.05, 0) is 24.3 Å². The molecule has 0 heterocycles. The molecule has 1 rings (SSSR count). The fraction of sp³-hybridized carbons (Fsp3) is 0.300. The summed E-state index contributed by atoms with van der Waals surface area (Å²) in [6.45, 7) is 0. The van der Waals surface area contributed by atoms with Gasteiger partial charge in [-0.1, -0.05) is 12.2 Å². The van der Waals surface area contributed by atoms with E-state index in [2.05, 4.69) is 4.72 Å². The summed E-state index contributed by atoms with van der Waals surface area (Å²) in [4.78, 5) is 0.214. The molecule has 0 unspecified atom stereocenters. The van der Waals surface area contributed by atoms with Crippen LogP contribution in [0.2, 0.25) is 0 Å². The molecule has 0 bridgehead atoms. The van der Waals surface area contributed by atoms with Crippen LogP contribution in [0.5, 0.6) is 0 Å². The van der Waals surface area contributed by atoms with Crippen LogP contribution in [0, 0.1) is 0 Å². The van der Waals surface area contributed by atoms with Crippen molar-refractivity contribution < 1.29 is 16.8 Å². The maximum absolute atomic E-state index is 11.6. The Morgan fingerprint density at radius 1 is 1.16 bits per heavy atom. The van der Waals surface area contributed by atoms with Crippen LogP contribution in [0.1, 0.15) is 5.56 Å². The molecule has 0 aliphatic heterocycles. The third-order valence-corrected chi connectivity index (χ3v) is 4.89. The third-order valence-electron chi connectivity index (χ3n) is 2.17. The molecule has 1 aromatic carbocycles. The van der Waals surface area contributed by atoms with Crippen molar-refractivity contribution in [2.75, 3.05) is 22.5 Å². The van der Waals surface area contributed by atoms with Crippen LogP contribution >= 0.6 is 12.2 Å². The smallest absolute Gasteiger partial charge is 0.233 e. The summed E-state index contributed by atoms with van der Waals surface area (Å²) in [6.07, 6.45) is 0.986. The number of benzene rings is 1. The molecule has 0 aromatic heterocycles. The Morgan fingerprint density at radius 2 is 1.68 bits per heavy atom. The minimum Gasteiger partial charge on any atom is -0.389 e. The summed E-state index contributed by atoms with van der Waals surface area (Å²) in [5.74, 6) is -0.907. The number of rotatable bonds is 6. The van der Waals surface area contributed by atoms with Crippen molar-refractivity contribution in [3.8, 4) is 0 Å². The SMILES string of the molecule is CS(=O)(=O)CCS(=O)(=O)Nc1ccc(C(N)=S)cc1. The Labute approximate surface area is 118 Å². The Bertz CT molecular complexity index is 663. The van der Waals surface area contributed by atoms with Gasteiger partial charge in [0.25, 0.3) is 0 Å². The van der Waals surface area contributed by atoms with E-state index in [1.54, 1.807) is 12.1 Å². The van der Waals surface area contributed by atoms with Crippen LogP contribution in [0.15, 0.2) is 24.3 Å². The van der Waals surface area contributed by atoms with Gasteiger partial charge in [0.15, 0.2) is 0 Å². The summed E-state index contributed by atoms with van der Waals surface area (Å²) >= 11 is 4.77. The van der Waals surface area contributed by atoms with Gasteiger partial charge in [0, 0.05) is 17.5 Å². The van der Waals surface area contributed by atoms with Crippen molar-refractivity contribution in [2.24, 2.45) is 5.73 Å².